The SMILES string of the molecule is COC(=O)[C@@]1(C)CC[C@]2(C)CC[C@]3(C)C(=CC(=O)[C@@H]4[C@@]5(C)CC[C@H](O[C@@H]6O[C@@H](C)[C@H](OC(C)=O)[C@@H](OC(C)=O)[C@H]6I)C(C)(C)C5CC[C@]43C)[C@@H]2C1. The number of halogens is 1. The molecule has 6 rings (SSSR count). The maximum Gasteiger partial charge on any atom is 0.311 e. The van der Waals surface area contributed by atoms with Crippen LogP contribution >= 0.6 is 22.6 Å². The molecule has 1 heterocycles. The molecule has 14 atom stereocenters. The van der Waals surface area contributed by atoms with Crippen molar-refractivity contribution in [3.63, 3.8) is 0 Å². The van der Waals surface area contributed by atoms with Gasteiger partial charge in [-0.05, 0) is 117 Å². The van der Waals surface area contributed by atoms with Gasteiger partial charge in [0.1, 0.15) is 3.92 Å². The molecule has 1 unspecified atom stereocenters. The van der Waals surface area contributed by atoms with Crippen LogP contribution in [0.1, 0.15) is 127 Å². The van der Waals surface area contributed by atoms with Crippen molar-refractivity contribution < 1.29 is 42.9 Å². The lowest BCUT2D eigenvalue weighted by Crippen LogP contribution is -2.67. The van der Waals surface area contributed by atoms with Crippen molar-refractivity contribution in [2.24, 2.45) is 50.2 Å². The van der Waals surface area contributed by atoms with E-state index >= 15 is 0 Å². The Kier molecular flexibility index (Phi) is 10.0. The van der Waals surface area contributed by atoms with Gasteiger partial charge < -0.3 is 23.7 Å². The number of allylic oxidation sites excluding steroid dienone is 2. The van der Waals surface area contributed by atoms with Crippen LogP contribution in [0.5, 0.6) is 0 Å². The number of ketones is 1. The molecular formula is C41H61IO9. The van der Waals surface area contributed by atoms with Gasteiger partial charge in [-0.25, -0.2) is 0 Å². The maximum absolute atomic E-state index is 14.8. The second-order valence-electron chi connectivity index (χ2n) is 19.0. The number of fused-ring (bicyclic) bond motifs is 7. The van der Waals surface area contributed by atoms with Crippen LogP contribution in [0.15, 0.2) is 11.6 Å². The number of esters is 3. The highest BCUT2D eigenvalue weighted by Crippen LogP contribution is 2.75. The van der Waals surface area contributed by atoms with Gasteiger partial charge in [0.05, 0.1) is 24.7 Å². The Bertz CT molecular complexity index is 1490. The molecule has 0 aromatic heterocycles. The molecule has 4 saturated carbocycles. The highest BCUT2D eigenvalue weighted by molar-refractivity contribution is 14.1. The number of alkyl halides is 1. The predicted octanol–water partition coefficient (Wildman–Crippen LogP) is 7.94. The Morgan fingerprint density at radius 2 is 1.49 bits per heavy atom. The van der Waals surface area contributed by atoms with Crippen LogP contribution < -0.4 is 0 Å². The van der Waals surface area contributed by atoms with E-state index in [-0.39, 0.29) is 62.7 Å². The summed E-state index contributed by atoms with van der Waals surface area (Å²) in [5.41, 5.74) is -0.0220. The van der Waals surface area contributed by atoms with E-state index < -0.39 is 45.9 Å². The number of ether oxygens (including phenoxy) is 5. The fourth-order valence-corrected chi connectivity index (χ4v) is 13.6. The Labute approximate surface area is 318 Å². The van der Waals surface area contributed by atoms with Gasteiger partial charge in [-0.2, -0.15) is 0 Å². The highest BCUT2D eigenvalue weighted by Gasteiger charge is 2.70. The lowest BCUT2D eigenvalue weighted by molar-refractivity contribution is -0.287. The predicted molar refractivity (Wildman–Crippen MR) is 200 cm³/mol. The van der Waals surface area contributed by atoms with Gasteiger partial charge in [-0.3, -0.25) is 19.2 Å². The van der Waals surface area contributed by atoms with E-state index in [0.717, 1.165) is 57.8 Å². The number of rotatable bonds is 5. The molecule has 0 aromatic carbocycles. The average molecular weight is 825 g/mol. The summed E-state index contributed by atoms with van der Waals surface area (Å²) in [5.74, 6) is -0.470. The van der Waals surface area contributed by atoms with E-state index in [9.17, 15) is 19.2 Å². The van der Waals surface area contributed by atoms with Crippen LogP contribution in [0.2, 0.25) is 0 Å². The van der Waals surface area contributed by atoms with Gasteiger partial charge in [0.25, 0.3) is 0 Å². The molecule has 0 radical (unpaired) electrons. The highest BCUT2D eigenvalue weighted by atomic mass is 127. The molecule has 0 bridgehead atoms. The summed E-state index contributed by atoms with van der Waals surface area (Å²) < 4.78 is 29.5. The minimum atomic E-state index is -0.732. The molecule has 51 heavy (non-hydrogen) atoms. The van der Waals surface area contributed by atoms with Gasteiger partial charge in [-0.15, -0.1) is 0 Å². The van der Waals surface area contributed by atoms with Crippen molar-refractivity contribution >= 4 is 46.3 Å². The molecule has 10 heteroatoms. The van der Waals surface area contributed by atoms with Gasteiger partial charge >= 0.3 is 17.9 Å². The third-order valence-electron chi connectivity index (χ3n) is 15.8. The quantitative estimate of drug-likeness (QED) is 0.0897. The number of carbonyl (C=O) groups is 4. The van der Waals surface area contributed by atoms with Gasteiger partial charge in [0, 0.05) is 19.8 Å². The first-order valence-electron chi connectivity index (χ1n) is 19.2. The molecule has 5 aliphatic carbocycles. The zero-order chi connectivity index (χ0) is 37.7. The van der Waals surface area contributed by atoms with E-state index in [2.05, 4.69) is 77.1 Å². The lowest BCUT2D eigenvalue weighted by Gasteiger charge is -2.70. The number of methoxy groups -OCH3 is 1. The summed E-state index contributed by atoms with van der Waals surface area (Å²) in [7, 11) is 1.49. The van der Waals surface area contributed by atoms with Crippen molar-refractivity contribution in [2.45, 2.75) is 162 Å². The summed E-state index contributed by atoms with van der Waals surface area (Å²) in [6.45, 7) is 20.8. The second kappa shape index (κ2) is 13.1. The van der Waals surface area contributed by atoms with Crippen LogP contribution in [-0.2, 0) is 42.9 Å². The van der Waals surface area contributed by atoms with Crippen molar-refractivity contribution in [3.05, 3.63) is 11.6 Å². The first-order chi connectivity index (χ1) is 23.6. The Morgan fingerprint density at radius 3 is 2.12 bits per heavy atom. The fraction of sp³-hybridized carbons (Fsp3) is 0.854. The van der Waals surface area contributed by atoms with E-state index in [4.69, 9.17) is 23.7 Å². The van der Waals surface area contributed by atoms with E-state index in [1.54, 1.807) is 0 Å². The zero-order valence-electron chi connectivity index (χ0n) is 32.7. The molecule has 1 saturated heterocycles. The third kappa shape index (κ3) is 5.96. The lowest BCUT2D eigenvalue weighted by atomic mass is 9.33. The topological polar surface area (TPSA) is 114 Å². The Hall–Kier alpha value is -1.53. The van der Waals surface area contributed by atoms with Crippen molar-refractivity contribution in [3.8, 4) is 0 Å². The summed E-state index contributed by atoms with van der Waals surface area (Å²) in [4.78, 5) is 52.0. The Balaban J connectivity index is 1.28. The van der Waals surface area contributed by atoms with Gasteiger partial charge in [0.15, 0.2) is 24.3 Å². The third-order valence-corrected chi connectivity index (χ3v) is 17.1. The fourth-order valence-electron chi connectivity index (χ4n) is 12.7. The van der Waals surface area contributed by atoms with Gasteiger partial charge in [-0.1, -0.05) is 69.7 Å². The van der Waals surface area contributed by atoms with Crippen LogP contribution in [0.4, 0.5) is 0 Å². The van der Waals surface area contributed by atoms with Crippen molar-refractivity contribution in [1.29, 1.82) is 0 Å². The summed E-state index contributed by atoms with van der Waals surface area (Å²) in [6, 6.07) is 0. The number of carbonyl (C=O) groups excluding carboxylic acids is 4. The van der Waals surface area contributed by atoms with Crippen LogP contribution in [0, 0.1) is 50.2 Å². The van der Waals surface area contributed by atoms with Gasteiger partial charge in [0.2, 0.25) is 0 Å². The maximum atomic E-state index is 14.8. The van der Waals surface area contributed by atoms with Crippen molar-refractivity contribution in [1.82, 2.24) is 0 Å². The molecule has 1 aliphatic heterocycles. The first kappa shape index (κ1) is 39.2. The minimum absolute atomic E-state index is 0.0722. The zero-order valence-corrected chi connectivity index (χ0v) is 34.8. The standard InChI is InChI=1S/C41H61IO9/c1-22-31(49-23(2)43)32(50-24(3)44)30(42)34(48-22)51-29-13-14-39(8)28(36(29,4)5)12-15-41(10)33(39)27(45)20-25-26-21-38(7,35(46)47-11)17-16-37(26,6)18-19-40(25,41)9/h20,22,26,28-34H,12-19,21H2,1-11H3/t22-,26-,28?,29-,30+,31-,32-,33+,34-,37+,38-,39-,40+,41+/m0/s1. The minimum Gasteiger partial charge on any atom is -0.469 e. The molecule has 286 valence electrons. The van der Waals surface area contributed by atoms with Crippen LogP contribution in [0.25, 0.3) is 0 Å². The number of hydrogen-bond donors (Lipinski definition) is 0. The summed E-state index contributed by atoms with van der Waals surface area (Å²) in [6.07, 6.45) is 7.54. The van der Waals surface area contributed by atoms with Crippen LogP contribution in [0.3, 0.4) is 0 Å². The van der Waals surface area contributed by atoms with E-state index in [1.165, 1.54) is 26.5 Å². The largest absolute Gasteiger partial charge is 0.469 e. The van der Waals surface area contributed by atoms with Crippen molar-refractivity contribution in [2.75, 3.05) is 7.11 Å². The smallest absolute Gasteiger partial charge is 0.311 e. The normalized spacial score (nSPS) is 48.8. The molecule has 0 spiro atoms. The first-order valence-corrected chi connectivity index (χ1v) is 20.5. The monoisotopic (exact) mass is 824 g/mol. The van der Waals surface area contributed by atoms with E-state index in [0.29, 0.717) is 0 Å². The molecule has 0 aromatic rings. The molecule has 0 N–H and O–H groups in total. The molecule has 6 aliphatic rings. The summed E-state index contributed by atoms with van der Waals surface area (Å²) >= 11 is 2.21. The molecular weight excluding hydrogens is 763 g/mol. The van der Waals surface area contributed by atoms with Crippen LogP contribution in [-0.4, -0.2) is 65.4 Å². The van der Waals surface area contributed by atoms with E-state index in [1.807, 2.05) is 6.92 Å². The number of hydrogen-bond acceptors (Lipinski definition) is 9. The summed E-state index contributed by atoms with van der Waals surface area (Å²) in [5, 5.41) is 0. The Morgan fingerprint density at radius 1 is 0.863 bits per heavy atom. The average Bonchev–Trinajstić information content (AvgIpc) is 3.03. The molecule has 0 amide bonds. The molecule has 5 fully saturated rings. The second-order valence-corrected chi connectivity index (χ2v) is 20.5. The molecule has 9 nitrogen and oxygen atoms in total.